The molecule has 0 fully saturated rings. The maximum atomic E-state index is 10.4. The van der Waals surface area contributed by atoms with Crippen LogP contribution in [0.4, 0.5) is 0 Å². The van der Waals surface area contributed by atoms with Crippen LogP contribution in [0.1, 0.15) is 0 Å². The summed E-state index contributed by atoms with van der Waals surface area (Å²) in [6.45, 7) is 0. The lowest BCUT2D eigenvalue weighted by molar-refractivity contribution is 0.414. The average molecular weight is 220 g/mol. The Bertz CT molecular complexity index is 368. The van der Waals surface area contributed by atoms with Gasteiger partial charge in [0.2, 0.25) is 0 Å². The fourth-order valence-electron chi connectivity index (χ4n) is 0.753. The zero-order valence-corrected chi connectivity index (χ0v) is 8.43. The van der Waals surface area contributed by atoms with Crippen molar-refractivity contribution in [3.8, 4) is 5.75 Å². The Morgan fingerprint density at radius 3 is 2.23 bits per heavy atom. The Hall–Kier alpha value is -0.720. The molecule has 0 radical (unpaired) electrons. The Balaban J connectivity index is 2.81. The van der Waals surface area contributed by atoms with Crippen LogP contribution in [0, 0.1) is 0 Å². The molecule has 72 valence electrons. The van der Waals surface area contributed by atoms with Crippen molar-refractivity contribution in [3.63, 3.8) is 0 Å². The first-order valence-corrected chi connectivity index (χ1v) is 6.09. The average Bonchev–Trinajstić information content (AvgIpc) is 2.03. The van der Waals surface area contributed by atoms with Crippen LogP contribution in [0.5, 0.6) is 5.75 Å². The van der Waals surface area contributed by atoms with Crippen LogP contribution in [0.2, 0.25) is 0 Å². The van der Waals surface area contributed by atoms with Crippen molar-refractivity contribution in [2.45, 2.75) is 4.90 Å². The first-order valence-electron chi connectivity index (χ1n) is 3.32. The summed E-state index contributed by atoms with van der Waals surface area (Å²) in [7, 11) is -2.11. The summed E-state index contributed by atoms with van der Waals surface area (Å²) in [5, 5.41) is 0. The van der Waals surface area contributed by atoms with E-state index < -0.39 is 9.15 Å². The van der Waals surface area contributed by atoms with Crippen molar-refractivity contribution in [1.82, 2.24) is 0 Å². The topological polar surface area (TPSA) is 63.6 Å². The number of hydrogen-bond acceptors (Lipinski definition) is 4. The lowest BCUT2D eigenvalue weighted by Gasteiger charge is -2.00. The molecular weight excluding hydrogens is 212 g/mol. The van der Waals surface area contributed by atoms with E-state index >= 15 is 0 Å². The normalized spacial score (nSPS) is 11.2. The Labute approximate surface area is 80.1 Å². The molecule has 13 heavy (non-hydrogen) atoms. The predicted molar refractivity (Wildman–Crippen MR) is 50.4 cm³/mol. The molecular formula is C7H8O4S2. The van der Waals surface area contributed by atoms with Gasteiger partial charge in [0.05, 0.1) is 7.11 Å². The molecule has 0 unspecified atom stereocenters. The van der Waals surface area contributed by atoms with E-state index in [9.17, 15) is 8.42 Å². The van der Waals surface area contributed by atoms with E-state index in [1.54, 1.807) is 24.3 Å². The van der Waals surface area contributed by atoms with Gasteiger partial charge in [-0.3, -0.25) is 4.55 Å². The number of rotatable bonds is 3. The van der Waals surface area contributed by atoms with E-state index in [1.165, 1.54) is 7.11 Å². The predicted octanol–water partition coefficient (Wildman–Crippen LogP) is 1.59. The van der Waals surface area contributed by atoms with Crippen LogP contribution >= 0.6 is 10.8 Å². The minimum absolute atomic E-state index is 0.392. The molecule has 1 aromatic carbocycles. The number of methoxy groups -OCH3 is 1. The van der Waals surface area contributed by atoms with Crippen molar-refractivity contribution in [1.29, 1.82) is 0 Å². The maximum absolute atomic E-state index is 10.4. The Morgan fingerprint density at radius 2 is 1.85 bits per heavy atom. The third-order valence-electron chi connectivity index (χ3n) is 1.26. The van der Waals surface area contributed by atoms with Gasteiger partial charge in [0.15, 0.2) is 0 Å². The van der Waals surface area contributed by atoms with E-state index in [4.69, 9.17) is 9.29 Å². The van der Waals surface area contributed by atoms with Crippen LogP contribution in [0.3, 0.4) is 0 Å². The van der Waals surface area contributed by atoms with Crippen molar-refractivity contribution in [2.24, 2.45) is 0 Å². The monoisotopic (exact) mass is 220 g/mol. The van der Waals surface area contributed by atoms with Crippen LogP contribution in [0.25, 0.3) is 0 Å². The molecule has 0 saturated heterocycles. The van der Waals surface area contributed by atoms with Crippen LogP contribution < -0.4 is 4.74 Å². The van der Waals surface area contributed by atoms with Gasteiger partial charge >= 0.3 is 9.15 Å². The number of ether oxygens (including phenoxy) is 1. The molecule has 0 saturated carbocycles. The fourth-order valence-corrected chi connectivity index (χ4v) is 2.31. The second-order valence-corrected chi connectivity index (χ2v) is 5.44. The van der Waals surface area contributed by atoms with E-state index in [-0.39, 0.29) is 0 Å². The summed E-state index contributed by atoms with van der Waals surface area (Å²) < 4.78 is 34.3. The zero-order valence-electron chi connectivity index (χ0n) is 6.80. The van der Waals surface area contributed by atoms with Gasteiger partial charge in [0.25, 0.3) is 0 Å². The highest BCUT2D eigenvalue weighted by molar-refractivity contribution is 8.69. The van der Waals surface area contributed by atoms with Gasteiger partial charge in [0.1, 0.15) is 5.75 Å². The van der Waals surface area contributed by atoms with Gasteiger partial charge in [0, 0.05) is 15.7 Å². The summed E-state index contributed by atoms with van der Waals surface area (Å²) in [6, 6.07) is 6.34. The highest BCUT2D eigenvalue weighted by atomic mass is 33.1. The second-order valence-electron chi connectivity index (χ2n) is 2.19. The minimum atomic E-state index is -4.02. The van der Waals surface area contributed by atoms with Crippen molar-refractivity contribution in [2.75, 3.05) is 7.11 Å². The van der Waals surface area contributed by atoms with Crippen molar-refractivity contribution < 1.29 is 17.7 Å². The zero-order chi connectivity index (χ0) is 9.90. The van der Waals surface area contributed by atoms with Crippen LogP contribution in [-0.2, 0) is 9.15 Å². The Kier molecular flexibility index (Phi) is 3.18. The summed E-state index contributed by atoms with van der Waals surface area (Å²) in [5.74, 6) is 0.639. The maximum Gasteiger partial charge on any atom is 0.324 e. The molecule has 0 aliphatic rings. The van der Waals surface area contributed by atoms with Crippen LogP contribution in [-0.4, -0.2) is 20.1 Å². The molecule has 6 heteroatoms. The molecule has 0 heterocycles. The number of benzene rings is 1. The molecule has 0 aromatic heterocycles. The SMILES string of the molecule is COc1ccc(SS(=O)(=O)O)cc1. The molecule has 0 aliphatic carbocycles. The molecule has 0 spiro atoms. The highest BCUT2D eigenvalue weighted by Gasteiger charge is 2.06. The molecule has 1 N–H and O–H groups in total. The molecule has 4 nitrogen and oxygen atoms in total. The first kappa shape index (κ1) is 10.4. The third-order valence-corrected chi connectivity index (χ3v) is 3.15. The van der Waals surface area contributed by atoms with Gasteiger partial charge in [-0.25, -0.2) is 0 Å². The van der Waals surface area contributed by atoms with Crippen LogP contribution in [0.15, 0.2) is 29.2 Å². The molecule has 1 aromatic rings. The largest absolute Gasteiger partial charge is 0.497 e. The summed E-state index contributed by atoms with van der Waals surface area (Å²) in [4.78, 5) is 0.448. The third kappa shape index (κ3) is 3.67. The van der Waals surface area contributed by atoms with E-state index in [0.29, 0.717) is 21.4 Å². The summed E-state index contributed by atoms with van der Waals surface area (Å²) in [6.07, 6.45) is 0. The van der Waals surface area contributed by atoms with Crippen molar-refractivity contribution in [3.05, 3.63) is 24.3 Å². The summed E-state index contributed by atoms with van der Waals surface area (Å²) >= 11 is 0. The lowest BCUT2D eigenvalue weighted by Crippen LogP contribution is -1.88. The lowest BCUT2D eigenvalue weighted by atomic mass is 10.3. The molecule has 0 amide bonds. The van der Waals surface area contributed by atoms with Gasteiger partial charge in [-0.1, -0.05) is 0 Å². The van der Waals surface area contributed by atoms with E-state index in [2.05, 4.69) is 0 Å². The van der Waals surface area contributed by atoms with Crippen molar-refractivity contribution >= 4 is 19.9 Å². The molecule has 0 atom stereocenters. The van der Waals surface area contributed by atoms with Gasteiger partial charge in [-0.15, -0.1) is 0 Å². The molecule has 1 rings (SSSR count). The smallest absolute Gasteiger partial charge is 0.324 e. The van der Waals surface area contributed by atoms with Gasteiger partial charge in [-0.2, -0.15) is 8.42 Å². The Morgan fingerprint density at radius 1 is 1.31 bits per heavy atom. The minimum Gasteiger partial charge on any atom is -0.497 e. The van der Waals surface area contributed by atoms with E-state index in [0.717, 1.165) is 0 Å². The van der Waals surface area contributed by atoms with Gasteiger partial charge in [-0.05, 0) is 24.3 Å². The second kappa shape index (κ2) is 3.99. The fraction of sp³-hybridized carbons (Fsp3) is 0.143. The standard InChI is InChI=1S/C7H8O4S2/c1-11-6-2-4-7(5-3-6)12-13(8,9)10/h2-5H,1H3,(H,8,9,10). The molecule has 0 aliphatic heterocycles. The number of hydrogen-bond donors (Lipinski definition) is 1. The molecule has 0 bridgehead atoms. The first-order chi connectivity index (χ1) is 6.01. The van der Waals surface area contributed by atoms with E-state index in [1.807, 2.05) is 0 Å². The summed E-state index contributed by atoms with van der Waals surface area (Å²) in [5.41, 5.74) is 0. The quantitative estimate of drug-likeness (QED) is 0.619. The van der Waals surface area contributed by atoms with Gasteiger partial charge < -0.3 is 4.74 Å². The highest BCUT2D eigenvalue weighted by Crippen LogP contribution is 2.24.